The van der Waals surface area contributed by atoms with Crippen molar-refractivity contribution >= 4 is 0 Å². The van der Waals surface area contributed by atoms with Gasteiger partial charge in [-0.2, -0.15) is 5.10 Å². The lowest BCUT2D eigenvalue weighted by Crippen LogP contribution is -2.33. The van der Waals surface area contributed by atoms with E-state index in [1.807, 2.05) is 0 Å². The molecule has 1 rings (SSSR count). The van der Waals surface area contributed by atoms with E-state index in [2.05, 4.69) is 62.0 Å². The Morgan fingerprint density at radius 2 is 2.00 bits per heavy atom. The van der Waals surface area contributed by atoms with Gasteiger partial charge in [-0.05, 0) is 51.1 Å². The van der Waals surface area contributed by atoms with Gasteiger partial charge < -0.3 is 5.32 Å². The molecule has 3 heteroatoms. The van der Waals surface area contributed by atoms with Gasteiger partial charge in [-0.1, -0.05) is 27.7 Å². The zero-order chi connectivity index (χ0) is 14.3. The van der Waals surface area contributed by atoms with Crippen LogP contribution >= 0.6 is 0 Å². The fourth-order valence-corrected chi connectivity index (χ4v) is 2.38. The summed E-state index contributed by atoms with van der Waals surface area (Å²) < 4.78 is 2.10. The molecule has 110 valence electrons. The van der Waals surface area contributed by atoms with Gasteiger partial charge in [-0.3, -0.25) is 4.68 Å². The summed E-state index contributed by atoms with van der Waals surface area (Å²) >= 11 is 0. The number of aromatic nitrogens is 2. The van der Waals surface area contributed by atoms with Crippen LogP contribution in [0.3, 0.4) is 0 Å². The van der Waals surface area contributed by atoms with Crippen LogP contribution in [-0.2, 0) is 6.42 Å². The SMILES string of the molecule is CCNC(CCCc1ccn(C(C)CC)n1)C(C)C. The Hall–Kier alpha value is -0.830. The highest BCUT2D eigenvalue weighted by atomic mass is 15.3. The maximum atomic E-state index is 4.66. The summed E-state index contributed by atoms with van der Waals surface area (Å²) in [5, 5.41) is 8.24. The minimum absolute atomic E-state index is 0.513. The van der Waals surface area contributed by atoms with Crippen LogP contribution in [0.4, 0.5) is 0 Å². The molecule has 0 amide bonds. The molecule has 0 aromatic carbocycles. The summed E-state index contributed by atoms with van der Waals surface area (Å²) in [5.41, 5.74) is 1.24. The Kier molecular flexibility index (Phi) is 7.14. The normalized spacial score (nSPS) is 14.8. The quantitative estimate of drug-likeness (QED) is 0.736. The van der Waals surface area contributed by atoms with Crippen molar-refractivity contribution in [3.8, 4) is 0 Å². The van der Waals surface area contributed by atoms with Crippen molar-refractivity contribution in [1.29, 1.82) is 0 Å². The Morgan fingerprint density at radius 1 is 1.26 bits per heavy atom. The smallest absolute Gasteiger partial charge is 0.0624 e. The van der Waals surface area contributed by atoms with Crippen LogP contribution in [0.2, 0.25) is 0 Å². The standard InChI is InChI=1S/C16H31N3/c1-6-14(5)19-12-11-15(18-19)9-8-10-16(13(3)4)17-7-2/h11-14,16-17H,6-10H2,1-5H3. The maximum Gasteiger partial charge on any atom is 0.0624 e. The van der Waals surface area contributed by atoms with Crippen LogP contribution in [0, 0.1) is 5.92 Å². The second-order valence-electron chi connectivity index (χ2n) is 5.84. The zero-order valence-corrected chi connectivity index (χ0v) is 13.3. The number of rotatable bonds is 9. The van der Waals surface area contributed by atoms with Crippen LogP contribution in [-0.4, -0.2) is 22.4 Å². The highest BCUT2D eigenvalue weighted by Crippen LogP contribution is 2.13. The van der Waals surface area contributed by atoms with Gasteiger partial charge in [0.15, 0.2) is 0 Å². The Morgan fingerprint density at radius 3 is 2.58 bits per heavy atom. The molecular formula is C16H31N3. The molecule has 0 radical (unpaired) electrons. The molecule has 0 fully saturated rings. The molecule has 1 aromatic heterocycles. The van der Waals surface area contributed by atoms with Crippen molar-refractivity contribution in [2.24, 2.45) is 5.92 Å². The molecule has 1 heterocycles. The van der Waals surface area contributed by atoms with Gasteiger partial charge in [0.25, 0.3) is 0 Å². The van der Waals surface area contributed by atoms with Gasteiger partial charge in [0, 0.05) is 18.3 Å². The fourth-order valence-electron chi connectivity index (χ4n) is 2.38. The first-order valence-corrected chi connectivity index (χ1v) is 7.85. The average molecular weight is 265 g/mol. The van der Waals surface area contributed by atoms with Gasteiger partial charge in [0.2, 0.25) is 0 Å². The van der Waals surface area contributed by atoms with E-state index >= 15 is 0 Å². The predicted molar refractivity (Wildman–Crippen MR) is 82.5 cm³/mol. The second kappa shape index (κ2) is 8.36. The maximum absolute atomic E-state index is 4.66. The molecule has 1 N–H and O–H groups in total. The molecular weight excluding hydrogens is 234 g/mol. The topological polar surface area (TPSA) is 29.9 Å². The molecule has 0 spiro atoms. The molecule has 1 aromatic rings. The molecule has 0 aliphatic rings. The molecule has 2 atom stereocenters. The molecule has 0 aliphatic heterocycles. The van der Waals surface area contributed by atoms with Crippen molar-refractivity contribution in [1.82, 2.24) is 15.1 Å². The summed E-state index contributed by atoms with van der Waals surface area (Å²) in [6, 6.07) is 3.32. The van der Waals surface area contributed by atoms with E-state index < -0.39 is 0 Å². The number of nitrogens with one attached hydrogen (secondary N) is 1. The third-order valence-electron chi connectivity index (χ3n) is 3.93. The Balaban J connectivity index is 2.37. The van der Waals surface area contributed by atoms with Gasteiger partial charge in [0.1, 0.15) is 0 Å². The number of hydrogen-bond donors (Lipinski definition) is 1. The van der Waals surface area contributed by atoms with Gasteiger partial charge in [-0.15, -0.1) is 0 Å². The minimum Gasteiger partial charge on any atom is -0.314 e. The molecule has 0 aliphatic carbocycles. The van der Waals surface area contributed by atoms with Crippen LogP contribution < -0.4 is 5.32 Å². The predicted octanol–water partition coefficient (Wildman–Crippen LogP) is 3.81. The zero-order valence-electron chi connectivity index (χ0n) is 13.3. The summed E-state index contributed by atoms with van der Waals surface area (Å²) in [4.78, 5) is 0. The largest absolute Gasteiger partial charge is 0.314 e. The molecule has 0 saturated heterocycles. The van der Waals surface area contributed by atoms with Crippen molar-refractivity contribution < 1.29 is 0 Å². The minimum atomic E-state index is 0.513. The first-order valence-electron chi connectivity index (χ1n) is 7.85. The highest BCUT2D eigenvalue weighted by Gasteiger charge is 2.12. The molecule has 2 unspecified atom stereocenters. The van der Waals surface area contributed by atoms with Crippen LogP contribution in [0.15, 0.2) is 12.3 Å². The van der Waals surface area contributed by atoms with Gasteiger partial charge in [-0.25, -0.2) is 0 Å². The Labute approximate surface area is 118 Å². The number of nitrogens with zero attached hydrogens (tertiary/aromatic N) is 2. The summed E-state index contributed by atoms with van der Waals surface area (Å²) in [7, 11) is 0. The average Bonchev–Trinajstić information content (AvgIpc) is 2.85. The molecule has 0 bridgehead atoms. The molecule has 3 nitrogen and oxygen atoms in total. The third-order valence-corrected chi connectivity index (χ3v) is 3.93. The van der Waals surface area contributed by atoms with Gasteiger partial charge >= 0.3 is 0 Å². The summed E-state index contributed by atoms with van der Waals surface area (Å²) in [6.07, 6.45) is 6.80. The summed E-state index contributed by atoms with van der Waals surface area (Å²) in [5.74, 6) is 0.706. The van der Waals surface area contributed by atoms with Crippen molar-refractivity contribution in [3.05, 3.63) is 18.0 Å². The first kappa shape index (κ1) is 16.2. The van der Waals surface area contributed by atoms with Crippen molar-refractivity contribution in [2.45, 2.75) is 72.4 Å². The number of hydrogen-bond acceptors (Lipinski definition) is 2. The highest BCUT2D eigenvalue weighted by molar-refractivity contribution is 4.99. The van der Waals surface area contributed by atoms with Crippen molar-refractivity contribution in [3.63, 3.8) is 0 Å². The van der Waals surface area contributed by atoms with E-state index in [0.29, 0.717) is 18.0 Å². The summed E-state index contributed by atoms with van der Waals surface area (Å²) in [6.45, 7) is 12.3. The van der Waals surface area contributed by atoms with E-state index in [1.54, 1.807) is 0 Å². The Bertz CT molecular complexity index is 344. The lowest BCUT2D eigenvalue weighted by atomic mass is 9.98. The molecule has 0 saturated carbocycles. The van der Waals surface area contributed by atoms with Gasteiger partial charge in [0.05, 0.1) is 5.69 Å². The van der Waals surface area contributed by atoms with Crippen LogP contribution in [0.1, 0.15) is 65.6 Å². The fraction of sp³-hybridized carbons (Fsp3) is 0.812. The van der Waals surface area contributed by atoms with E-state index in [1.165, 1.54) is 18.5 Å². The van der Waals surface area contributed by atoms with E-state index in [4.69, 9.17) is 0 Å². The third kappa shape index (κ3) is 5.35. The van der Waals surface area contributed by atoms with E-state index in [0.717, 1.165) is 19.4 Å². The molecule has 19 heavy (non-hydrogen) atoms. The second-order valence-corrected chi connectivity index (χ2v) is 5.84. The van der Waals surface area contributed by atoms with Crippen molar-refractivity contribution in [2.75, 3.05) is 6.54 Å². The van der Waals surface area contributed by atoms with E-state index in [-0.39, 0.29) is 0 Å². The first-order chi connectivity index (χ1) is 9.08. The lowest BCUT2D eigenvalue weighted by molar-refractivity contribution is 0.376. The van der Waals surface area contributed by atoms with Crippen LogP contribution in [0.5, 0.6) is 0 Å². The van der Waals surface area contributed by atoms with E-state index in [9.17, 15) is 0 Å². The monoisotopic (exact) mass is 265 g/mol. The lowest BCUT2D eigenvalue weighted by Gasteiger charge is -2.21. The number of aryl methyl sites for hydroxylation is 1. The van der Waals surface area contributed by atoms with Crippen LogP contribution in [0.25, 0.3) is 0 Å².